The molecule has 1 aliphatic rings. The lowest BCUT2D eigenvalue weighted by Gasteiger charge is -2.15. The first kappa shape index (κ1) is 21.5. The summed E-state index contributed by atoms with van der Waals surface area (Å²) in [5.41, 5.74) is 3.20. The van der Waals surface area contributed by atoms with E-state index in [4.69, 9.17) is 0 Å². The molecule has 7 nitrogen and oxygen atoms in total. The first-order chi connectivity index (χ1) is 15.6. The van der Waals surface area contributed by atoms with Gasteiger partial charge in [-0.05, 0) is 38.0 Å². The third-order valence-electron chi connectivity index (χ3n) is 5.37. The van der Waals surface area contributed by atoms with E-state index in [9.17, 15) is 9.59 Å². The van der Waals surface area contributed by atoms with Crippen LogP contribution in [0.1, 0.15) is 35.4 Å². The quantitative estimate of drug-likeness (QED) is 0.530. The first-order valence-electron chi connectivity index (χ1n) is 10.9. The Morgan fingerprint density at radius 1 is 1.06 bits per heavy atom. The van der Waals surface area contributed by atoms with E-state index in [0.717, 1.165) is 36.3 Å². The molecule has 2 amide bonds. The average Bonchev–Trinajstić information content (AvgIpc) is 3.21. The second kappa shape index (κ2) is 10.0. The second-order valence-corrected chi connectivity index (χ2v) is 7.85. The number of anilines is 2. The molecule has 164 valence electrons. The monoisotopic (exact) mass is 429 g/mol. The number of amides is 2. The van der Waals surface area contributed by atoms with E-state index in [0.29, 0.717) is 36.7 Å². The fraction of sp³-hybridized carbons (Fsp3) is 0.280. The van der Waals surface area contributed by atoms with Gasteiger partial charge in [0, 0.05) is 48.9 Å². The predicted octanol–water partition coefficient (Wildman–Crippen LogP) is 3.94. The molecule has 0 aliphatic carbocycles. The molecule has 0 unspecified atom stereocenters. The van der Waals surface area contributed by atoms with Crippen molar-refractivity contribution in [3.8, 4) is 11.3 Å². The number of aryl methyl sites for hydroxylation is 1. The van der Waals surface area contributed by atoms with Gasteiger partial charge < -0.3 is 15.5 Å². The molecule has 0 atom stereocenters. The van der Waals surface area contributed by atoms with Gasteiger partial charge in [-0.3, -0.25) is 9.59 Å². The number of carbonyl (C=O) groups is 2. The lowest BCUT2D eigenvalue weighted by molar-refractivity contribution is -0.127. The van der Waals surface area contributed by atoms with Gasteiger partial charge in [0.1, 0.15) is 11.6 Å². The van der Waals surface area contributed by atoms with Crippen LogP contribution in [0.2, 0.25) is 0 Å². The summed E-state index contributed by atoms with van der Waals surface area (Å²) in [4.78, 5) is 35.1. The molecule has 0 spiro atoms. The smallest absolute Gasteiger partial charge is 0.251 e. The summed E-state index contributed by atoms with van der Waals surface area (Å²) in [6.45, 7) is 3.91. The number of hydrogen-bond donors (Lipinski definition) is 2. The summed E-state index contributed by atoms with van der Waals surface area (Å²) in [6, 6.07) is 19.2. The zero-order valence-electron chi connectivity index (χ0n) is 18.2. The van der Waals surface area contributed by atoms with Crippen LogP contribution in [0.5, 0.6) is 0 Å². The van der Waals surface area contributed by atoms with Crippen molar-refractivity contribution in [1.29, 1.82) is 0 Å². The Labute approximate surface area is 187 Å². The number of carbonyl (C=O) groups excluding carboxylic acids is 2. The molecular formula is C25H27N5O2. The summed E-state index contributed by atoms with van der Waals surface area (Å²) in [5, 5.41) is 6.22. The third-order valence-corrected chi connectivity index (χ3v) is 5.37. The zero-order chi connectivity index (χ0) is 22.3. The topological polar surface area (TPSA) is 87.2 Å². The lowest BCUT2D eigenvalue weighted by Crippen LogP contribution is -2.30. The Bertz CT molecular complexity index is 1100. The van der Waals surface area contributed by atoms with Crippen LogP contribution in [0.4, 0.5) is 11.5 Å². The maximum atomic E-state index is 12.6. The van der Waals surface area contributed by atoms with E-state index < -0.39 is 0 Å². The molecule has 4 rings (SSSR count). The SMILES string of the molecule is Cc1nc(Nc2cccc(C(=O)NCCCN3CCCC3=O)c2)cc(-c2ccccc2)n1. The first-order valence-corrected chi connectivity index (χ1v) is 10.9. The van der Waals surface area contributed by atoms with Crippen molar-refractivity contribution >= 4 is 23.3 Å². The molecule has 2 N–H and O–H groups in total. The molecular weight excluding hydrogens is 402 g/mol. The number of nitrogens with zero attached hydrogens (tertiary/aromatic N) is 3. The molecule has 1 aliphatic heterocycles. The fourth-order valence-electron chi connectivity index (χ4n) is 3.79. The highest BCUT2D eigenvalue weighted by molar-refractivity contribution is 5.95. The molecule has 2 aromatic carbocycles. The van der Waals surface area contributed by atoms with Crippen LogP contribution >= 0.6 is 0 Å². The summed E-state index contributed by atoms with van der Waals surface area (Å²) < 4.78 is 0. The number of hydrogen-bond acceptors (Lipinski definition) is 5. The molecule has 0 saturated carbocycles. The summed E-state index contributed by atoms with van der Waals surface area (Å²) in [5.74, 6) is 1.42. The van der Waals surface area contributed by atoms with E-state index in [1.807, 2.05) is 60.4 Å². The normalized spacial score (nSPS) is 13.3. The van der Waals surface area contributed by atoms with Gasteiger partial charge in [-0.15, -0.1) is 0 Å². The van der Waals surface area contributed by atoms with E-state index in [2.05, 4.69) is 20.6 Å². The van der Waals surface area contributed by atoms with Crippen molar-refractivity contribution in [2.45, 2.75) is 26.2 Å². The highest BCUT2D eigenvalue weighted by Gasteiger charge is 2.19. The van der Waals surface area contributed by atoms with Gasteiger partial charge in [0.15, 0.2) is 0 Å². The van der Waals surface area contributed by atoms with E-state index >= 15 is 0 Å². The van der Waals surface area contributed by atoms with Gasteiger partial charge in [-0.2, -0.15) is 0 Å². The van der Waals surface area contributed by atoms with Gasteiger partial charge in [-0.1, -0.05) is 36.4 Å². The van der Waals surface area contributed by atoms with Crippen molar-refractivity contribution in [1.82, 2.24) is 20.2 Å². The second-order valence-electron chi connectivity index (χ2n) is 7.85. The number of rotatable bonds is 8. The number of likely N-dealkylation sites (tertiary alicyclic amines) is 1. The number of aromatic nitrogens is 2. The van der Waals surface area contributed by atoms with Crippen LogP contribution in [0.3, 0.4) is 0 Å². The number of benzene rings is 2. The molecule has 1 saturated heterocycles. The maximum absolute atomic E-state index is 12.6. The van der Waals surface area contributed by atoms with E-state index in [-0.39, 0.29) is 11.8 Å². The van der Waals surface area contributed by atoms with Gasteiger partial charge in [0.2, 0.25) is 5.91 Å². The summed E-state index contributed by atoms with van der Waals surface area (Å²) in [6.07, 6.45) is 2.33. The molecule has 32 heavy (non-hydrogen) atoms. The van der Waals surface area contributed by atoms with Crippen molar-refractivity contribution in [3.63, 3.8) is 0 Å². The highest BCUT2D eigenvalue weighted by Crippen LogP contribution is 2.22. The van der Waals surface area contributed by atoms with Crippen molar-refractivity contribution < 1.29 is 9.59 Å². The van der Waals surface area contributed by atoms with Gasteiger partial charge in [0.25, 0.3) is 5.91 Å². The Morgan fingerprint density at radius 2 is 1.91 bits per heavy atom. The van der Waals surface area contributed by atoms with Crippen LogP contribution in [-0.2, 0) is 4.79 Å². The Balaban J connectivity index is 1.37. The molecule has 0 bridgehead atoms. The molecule has 3 aromatic rings. The molecule has 1 fully saturated rings. The van der Waals surface area contributed by atoms with Crippen LogP contribution < -0.4 is 10.6 Å². The van der Waals surface area contributed by atoms with Crippen LogP contribution in [-0.4, -0.2) is 46.3 Å². The fourth-order valence-corrected chi connectivity index (χ4v) is 3.79. The average molecular weight is 430 g/mol. The minimum Gasteiger partial charge on any atom is -0.352 e. The van der Waals surface area contributed by atoms with Crippen molar-refractivity contribution in [2.75, 3.05) is 25.0 Å². The number of nitrogens with one attached hydrogen (secondary N) is 2. The minimum atomic E-state index is -0.134. The lowest BCUT2D eigenvalue weighted by atomic mass is 10.1. The Morgan fingerprint density at radius 3 is 2.69 bits per heavy atom. The maximum Gasteiger partial charge on any atom is 0.251 e. The van der Waals surface area contributed by atoms with Gasteiger partial charge in [-0.25, -0.2) is 9.97 Å². The van der Waals surface area contributed by atoms with Gasteiger partial charge >= 0.3 is 0 Å². The predicted molar refractivity (Wildman–Crippen MR) is 125 cm³/mol. The Hall–Kier alpha value is -3.74. The summed E-state index contributed by atoms with van der Waals surface area (Å²) in [7, 11) is 0. The van der Waals surface area contributed by atoms with Crippen molar-refractivity contribution in [2.24, 2.45) is 0 Å². The van der Waals surface area contributed by atoms with Crippen LogP contribution in [0.15, 0.2) is 60.7 Å². The molecule has 7 heteroatoms. The molecule has 0 radical (unpaired) electrons. The van der Waals surface area contributed by atoms with E-state index in [1.165, 1.54) is 0 Å². The Kier molecular flexibility index (Phi) is 6.75. The molecule has 1 aromatic heterocycles. The van der Waals surface area contributed by atoms with Crippen LogP contribution in [0.25, 0.3) is 11.3 Å². The van der Waals surface area contributed by atoms with Crippen LogP contribution in [0, 0.1) is 6.92 Å². The third kappa shape index (κ3) is 5.49. The van der Waals surface area contributed by atoms with Crippen molar-refractivity contribution in [3.05, 3.63) is 72.1 Å². The standard InChI is InChI=1S/C25H27N5O2/c1-18-27-22(19-8-3-2-4-9-19)17-23(28-18)29-21-11-5-10-20(16-21)25(32)26-13-7-15-30-14-6-12-24(30)31/h2-5,8-11,16-17H,6-7,12-15H2,1H3,(H,26,32)(H,27,28,29). The molecule has 2 heterocycles. The zero-order valence-corrected chi connectivity index (χ0v) is 18.2. The van der Waals surface area contributed by atoms with Gasteiger partial charge in [0.05, 0.1) is 5.69 Å². The van der Waals surface area contributed by atoms with E-state index in [1.54, 1.807) is 12.1 Å². The summed E-state index contributed by atoms with van der Waals surface area (Å²) >= 11 is 0. The minimum absolute atomic E-state index is 0.134. The largest absolute Gasteiger partial charge is 0.352 e. The highest BCUT2D eigenvalue weighted by atomic mass is 16.2.